The predicted octanol–water partition coefficient (Wildman–Crippen LogP) is 1.43. The predicted molar refractivity (Wildman–Crippen MR) is 84.2 cm³/mol. The average molecular weight is 312 g/mol. The van der Waals surface area contributed by atoms with Crippen LogP contribution < -0.4 is 11.3 Å². The maximum atomic E-state index is 12.5. The molecule has 21 heavy (non-hydrogen) atoms. The van der Waals surface area contributed by atoms with E-state index in [2.05, 4.69) is 29.4 Å². The molecule has 0 bridgehead atoms. The number of nitrogens with two attached hydrogens (primary N) is 1. The number of nitrogen functional groups attached to an aromatic ring is 1. The van der Waals surface area contributed by atoms with Gasteiger partial charge in [-0.3, -0.25) is 4.79 Å². The van der Waals surface area contributed by atoms with E-state index >= 15 is 0 Å². The molecule has 1 aromatic heterocycles. The minimum absolute atomic E-state index is 0.0147. The Labute approximate surface area is 130 Å². The minimum Gasteiger partial charge on any atom is -0.339 e. The summed E-state index contributed by atoms with van der Waals surface area (Å²) in [5.41, 5.74) is 2.95. The number of halogens is 1. The molecule has 0 saturated carbocycles. The first kappa shape index (κ1) is 16.0. The molecule has 1 saturated heterocycles. The third kappa shape index (κ3) is 4.30. The number of amides is 1. The number of nitrogens with zero attached hydrogens (tertiary/aromatic N) is 3. The van der Waals surface area contributed by atoms with Crippen LogP contribution in [0.15, 0.2) is 12.1 Å². The summed E-state index contributed by atoms with van der Waals surface area (Å²) >= 11 is 5.91. The van der Waals surface area contributed by atoms with E-state index in [0.29, 0.717) is 17.3 Å². The van der Waals surface area contributed by atoms with Crippen molar-refractivity contribution in [1.29, 1.82) is 0 Å². The molecule has 1 aromatic rings. The Morgan fingerprint density at radius 3 is 2.71 bits per heavy atom. The third-order valence-corrected chi connectivity index (χ3v) is 3.91. The Bertz CT molecular complexity index is 500. The van der Waals surface area contributed by atoms with Gasteiger partial charge >= 0.3 is 0 Å². The molecule has 0 atom stereocenters. The van der Waals surface area contributed by atoms with Crippen molar-refractivity contribution in [3.8, 4) is 0 Å². The van der Waals surface area contributed by atoms with Crippen molar-refractivity contribution < 1.29 is 4.79 Å². The van der Waals surface area contributed by atoms with Gasteiger partial charge in [0.15, 0.2) is 0 Å². The molecule has 7 heteroatoms. The number of pyridine rings is 1. The Kier molecular flexibility index (Phi) is 5.39. The lowest BCUT2D eigenvalue weighted by atomic mass is 9.96. The van der Waals surface area contributed by atoms with Crippen molar-refractivity contribution in [2.75, 3.05) is 39.2 Å². The quantitative estimate of drug-likeness (QED) is 0.500. The van der Waals surface area contributed by atoms with Gasteiger partial charge < -0.3 is 15.2 Å². The largest absolute Gasteiger partial charge is 0.339 e. The fraction of sp³-hybridized carbons (Fsp3) is 0.571. The van der Waals surface area contributed by atoms with E-state index in [1.54, 1.807) is 12.1 Å². The van der Waals surface area contributed by atoms with Gasteiger partial charge in [-0.15, -0.1) is 0 Å². The smallest absolute Gasteiger partial charge is 0.254 e. The Morgan fingerprint density at radius 1 is 1.48 bits per heavy atom. The number of carbonyl (C=O) groups excluding carboxylic acids is 1. The van der Waals surface area contributed by atoms with Crippen LogP contribution in [-0.4, -0.2) is 54.4 Å². The maximum Gasteiger partial charge on any atom is 0.254 e. The number of likely N-dealkylation sites (tertiary alicyclic amines) is 1. The summed E-state index contributed by atoms with van der Waals surface area (Å²) in [4.78, 5) is 20.6. The van der Waals surface area contributed by atoms with Crippen LogP contribution in [0.4, 0.5) is 5.82 Å². The zero-order chi connectivity index (χ0) is 15.4. The number of piperidine rings is 1. The molecule has 1 aliphatic heterocycles. The molecule has 0 unspecified atom stereocenters. The van der Waals surface area contributed by atoms with Gasteiger partial charge in [0, 0.05) is 25.2 Å². The van der Waals surface area contributed by atoms with Gasteiger partial charge in [-0.2, -0.15) is 0 Å². The molecule has 1 fully saturated rings. The fourth-order valence-electron chi connectivity index (χ4n) is 2.71. The van der Waals surface area contributed by atoms with Gasteiger partial charge in [-0.1, -0.05) is 11.6 Å². The van der Waals surface area contributed by atoms with Crippen molar-refractivity contribution in [2.24, 2.45) is 11.8 Å². The second-order valence-corrected chi connectivity index (χ2v) is 6.09. The van der Waals surface area contributed by atoms with Crippen LogP contribution in [-0.2, 0) is 0 Å². The molecular formula is C14H22ClN5O. The fourth-order valence-corrected chi connectivity index (χ4v) is 2.92. The second kappa shape index (κ2) is 7.06. The lowest BCUT2D eigenvalue weighted by molar-refractivity contribution is 0.0678. The van der Waals surface area contributed by atoms with Gasteiger partial charge in [0.1, 0.15) is 11.0 Å². The van der Waals surface area contributed by atoms with Crippen LogP contribution in [0.3, 0.4) is 0 Å². The first-order chi connectivity index (χ1) is 9.99. The minimum atomic E-state index is -0.0147. The Hall–Kier alpha value is -1.37. The first-order valence-electron chi connectivity index (χ1n) is 7.08. The van der Waals surface area contributed by atoms with E-state index in [1.165, 1.54) is 0 Å². The molecular weight excluding hydrogens is 290 g/mol. The molecule has 3 N–H and O–H groups in total. The number of hydrogen-bond acceptors (Lipinski definition) is 5. The van der Waals surface area contributed by atoms with Crippen molar-refractivity contribution in [3.05, 3.63) is 22.8 Å². The molecule has 0 spiro atoms. The number of aromatic nitrogens is 1. The van der Waals surface area contributed by atoms with E-state index in [-0.39, 0.29) is 11.1 Å². The standard InChI is InChI=1S/C14H22ClN5O/c1-19(2)9-10-3-5-20(6-4-10)14(21)11-7-12(15)17-13(8-11)18-16/h7-8,10H,3-6,9,16H2,1-2H3,(H,17,18). The lowest BCUT2D eigenvalue weighted by Gasteiger charge is -2.33. The van der Waals surface area contributed by atoms with Gasteiger partial charge in [-0.25, -0.2) is 10.8 Å². The number of rotatable bonds is 4. The van der Waals surface area contributed by atoms with Crippen molar-refractivity contribution in [3.63, 3.8) is 0 Å². The zero-order valence-electron chi connectivity index (χ0n) is 12.5. The topological polar surface area (TPSA) is 74.5 Å². The SMILES string of the molecule is CN(C)CC1CCN(C(=O)c2cc(Cl)nc(NN)c2)CC1. The molecule has 1 amide bonds. The normalized spacial score (nSPS) is 16.3. The van der Waals surface area contributed by atoms with Crippen LogP contribution >= 0.6 is 11.6 Å². The maximum absolute atomic E-state index is 12.5. The van der Waals surface area contributed by atoms with Crippen molar-refractivity contribution in [1.82, 2.24) is 14.8 Å². The van der Waals surface area contributed by atoms with E-state index < -0.39 is 0 Å². The van der Waals surface area contributed by atoms with Gasteiger partial charge in [-0.05, 0) is 45.0 Å². The lowest BCUT2D eigenvalue weighted by Crippen LogP contribution is -2.40. The molecule has 116 valence electrons. The molecule has 1 aliphatic rings. The van der Waals surface area contributed by atoms with E-state index in [1.807, 2.05) is 4.90 Å². The summed E-state index contributed by atoms with van der Waals surface area (Å²) in [6.07, 6.45) is 2.06. The number of nitrogens with one attached hydrogen (secondary N) is 1. The molecule has 0 aromatic carbocycles. The van der Waals surface area contributed by atoms with Crippen molar-refractivity contribution in [2.45, 2.75) is 12.8 Å². The summed E-state index contributed by atoms with van der Waals surface area (Å²) in [7, 11) is 4.16. The molecule has 2 heterocycles. The molecule has 2 rings (SSSR count). The highest BCUT2D eigenvalue weighted by molar-refractivity contribution is 6.29. The van der Waals surface area contributed by atoms with Crippen LogP contribution in [0.2, 0.25) is 5.15 Å². The van der Waals surface area contributed by atoms with E-state index in [4.69, 9.17) is 17.4 Å². The number of anilines is 1. The summed E-state index contributed by atoms with van der Waals surface area (Å²) in [5.74, 6) is 6.37. The number of hydrogen-bond donors (Lipinski definition) is 2. The van der Waals surface area contributed by atoms with Gasteiger partial charge in [0.05, 0.1) is 0 Å². The molecule has 0 aliphatic carbocycles. The molecule has 6 nitrogen and oxygen atoms in total. The van der Waals surface area contributed by atoms with Gasteiger partial charge in [0.25, 0.3) is 5.91 Å². The van der Waals surface area contributed by atoms with Crippen LogP contribution in [0.5, 0.6) is 0 Å². The monoisotopic (exact) mass is 311 g/mol. The highest BCUT2D eigenvalue weighted by atomic mass is 35.5. The van der Waals surface area contributed by atoms with Crippen LogP contribution in [0.1, 0.15) is 23.2 Å². The van der Waals surface area contributed by atoms with E-state index in [0.717, 1.165) is 32.5 Å². The second-order valence-electron chi connectivity index (χ2n) is 5.71. The summed E-state index contributed by atoms with van der Waals surface area (Å²) in [5, 5.41) is 0.260. The average Bonchev–Trinajstić information content (AvgIpc) is 2.46. The first-order valence-corrected chi connectivity index (χ1v) is 7.45. The zero-order valence-corrected chi connectivity index (χ0v) is 13.2. The van der Waals surface area contributed by atoms with Gasteiger partial charge in [0.2, 0.25) is 0 Å². The number of hydrazine groups is 1. The molecule has 0 radical (unpaired) electrons. The Morgan fingerprint density at radius 2 is 2.14 bits per heavy atom. The number of carbonyl (C=O) groups is 1. The Balaban J connectivity index is 2.00. The van der Waals surface area contributed by atoms with Crippen molar-refractivity contribution >= 4 is 23.3 Å². The van der Waals surface area contributed by atoms with Crippen LogP contribution in [0, 0.1) is 5.92 Å². The third-order valence-electron chi connectivity index (χ3n) is 3.71. The summed E-state index contributed by atoms with van der Waals surface area (Å²) < 4.78 is 0. The summed E-state index contributed by atoms with van der Waals surface area (Å²) in [6.45, 7) is 2.63. The van der Waals surface area contributed by atoms with Crippen LogP contribution in [0.25, 0.3) is 0 Å². The summed E-state index contributed by atoms with van der Waals surface area (Å²) in [6, 6.07) is 3.21. The highest BCUT2D eigenvalue weighted by Gasteiger charge is 2.24. The van der Waals surface area contributed by atoms with E-state index in [9.17, 15) is 4.79 Å². The highest BCUT2D eigenvalue weighted by Crippen LogP contribution is 2.21.